The van der Waals surface area contributed by atoms with Crippen molar-refractivity contribution in [3.8, 4) is 0 Å². The molecule has 112 heavy (non-hydrogen) atoms. The minimum absolute atomic E-state index is 1.10. The van der Waals surface area contributed by atoms with Crippen LogP contribution in [0.25, 0.3) is 112 Å². The molecule has 0 amide bonds. The lowest BCUT2D eigenvalue weighted by Gasteiger charge is -2.31. The van der Waals surface area contributed by atoms with Crippen LogP contribution in [0.15, 0.2) is 301 Å². The summed E-state index contributed by atoms with van der Waals surface area (Å²) in [4.78, 5) is 5.08. The van der Waals surface area contributed by atoms with Crippen molar-refractivity contribution in [3.63, 3.8) is 0 Å². The maximum atomic E-state index is 2.54. The van der Waals surface area contributed by atoms with Gasteiger partial charge in [0.25, 0.3) is 0 Å². The smallest absolute Gasteiger partial charge is 0.0619 e. The van der Waals surface area contributed by atoms with Gasteiger partial charge >= 0.3 is 0 Å². The van der Waals surface area contributed by atoms with Crippen molar-refractivity contribution >= 4 is 146 Å². The summed E-state index contributed by atoms with van der Waals surface area (Å²) in [5.41, 5.74) is 30.4. The molecule has 4 aliphatic rings. The Balaban J connectivity index is 0.741. The fourth-order valence-electron chi connectivity index (χ4n) is 19.1. The van der Waals surface area contributed by atoms with Gasteiger partial charge in [-0.3, -0.25) is 0 Å². The SMILES string of the molecule is Cc1ccc(N(c2ccc(C=C(c3ccc(C=C4CCCCC4)cc3)c3ccc(C=C4CCCCC4)cc3)cc2)c2c3ccccc3c3c4cccc5c(N(c6ccc(C)cc6)c6ccc(C=C(c7ccc(C=C8CCCCC8)cc7)c7ccc(C=C8CCCCC8)cc7)cc6)c6ccccc6c(c6cccc2c63)c54)cc1. The molecule has 548 valence electrons. The first-order valence-corrected chi connectivity index (χ1v) is 41.8. The zero-order chi connectivity index (χ0) is 74.9. The highest BCUT2D eigenvalue weighted by atomic mass is 15.2. The predicted molar refractivity (Wildman–Crippen MR) is 485 cm³/mol. The van der Waals surface area contributed by atoms with Gasteiger partial charge < -0.3 is 9.80 Å². The van der Waals surface area contributed by atoms with Gasteiger partial charge in [-0.05, 0) is 276 Å². The third kappa shape index (κ3) is 14.3. The van der Waals surface area contributed by atoms with Gasteiger partial charge in [0.2, 0.25) is 0 Å². The van der Waals surface area contributed by atoms with Crippen molar-refractivity contribution in [2.24, 2.45) is 0 Å². The quantitative estimate of drug-likeness (QED) is 0.0540. The van der Waals surface area contributed by atoms with E-state index < -0.39 is 0 Å². The number of fused-ring (bicyclic) bond motifs is 6. The molecular formula is C110H98N2. The molecule has 4 saturated carbocycles. The van der Waals surface area contributed by atoms with E-state index in [2.05, 4.69) is 339 Å². The van der Waals surface area contributed by atoms with Crippen molar-refractivity contribution in [1.29, 1.82) is 0 Å². The summed E-state index contributed by atoms with van der Waals surface area (Å²) < 4.78 is 0. The zero-order valence-corrected chi connectivity index (χ0v) is 65.1. The van der Waals surface area contributed by atoms with Crippen LogP contribution in [0.4, 0.5) is 34.1 Å². The fraction of sp³-hybridized carbons (Fsp3) is 0.200. The number of nitrogens with zero attached hydrogens (tertiary/aromatic N) is 2. The van der Waals surface area contributed by atoms with Gasteiger partial charge in [-0.25, -0.2) is 0 Å². The second-order valence-electron chi connectivity index (χ2n) is 32.6. The maximum Gasteiger partial charge on any atom is 0.0619 e. The molecule has 2 nitrogen and oxygen atoms in total. The number of allylic oxidation sites excluding steroid dienone is 4. The molecule has 0 bridgehead atoms. The highest BCUT2D eigenvalue weighted by Gasteiger charge is 2.29. The molecule has 0 saturated heterocycles. The van der Waals surface area contributed by atoms with Gasteiger partial charge in [0.05, 0.1) is 11.4 Å². The van der Waals surface area contributed by atoms with Crippen molar-refractivity contribution in [2.75, 3.05) is 9.80 Å². The minimum Gasteiger partial charge on any atom is -0.309 e. The fourth-order valence-corrected chi connectivity index (χ4v) is 19.1. The third-order valence-corrected chi connectivity index (χ3v) is 24.9. The third-order valence-electron chi connectivity index (χ3n) is 24.9. The molecule has 0 N–H and O–H groups in total. The van der Waals surface area contributed by atoms with Crippen LogP contribution in [0, 0.1) is 13.8 Å². The summed E-state index contributed by atoms with van der Waals surface area (Å²) in [6.45, 7) is 4.39. The van der Waals surface area contributed by atoms with Gasteiger partial charge in [0.1, 0.15) is 0 Å². The summed E-state index contributed by atoms with van der Waals surface area (Å²) in [6, 6.07) is 107. The van der Waals surface area contributed by atoms with E-state index in [-0.39, 0.29) is 0 Å². The van der Waals surface area contributed by atoms with Gasteiger partial charge in [0, 0.05) is 55.1 Å². The van der Waals surface area contributed by atoms with E-state index in [4.69, 9.17) is 0 Å². The van der Waals surface area contributed by atoms with Crippen molar-refractivity contribution in [3.05, 3.63) is 368 Å². The van der Waals surface area contributed by atoms with Gasteiger partial charge in [0.15, 0.2) is 0 Å². The molecule has 15 aromatic carbocycles. The van der Waals surface area contributed by atoms with E-state index in [0.29, 0.717) is 0 Å². The van der Waals surface area contributed by atoms with E-state index in [9.17, 15) is 0 Å². The van der Waals surface area contributed by atoms with E-state index >= 15 is 0 Å². The van der Waals surface area contributed by atoms with E-state index in [1.807, 2.05) is 0 Å². The van der Waals surface area contributed by atoms with Gasteiger partial charge in [-0.2, -0.15) is 0 Å². The Labute approximate surface area is 662 Å². The number of rotatable bonds is 16. The zero-order valence-electron chi connectivity index (χ0n) is 65.1. The summed E-state index contributed by atoms with van der Waals surface area (Å²) in [5, 5.41) is 14.9. The van der Waals surface area contributed by atoms with Crippen LogP contribution >= 0.6 is 0 Å². The summed E-state index contributed by atoms with van der Waals surface area (Å²) in [5.74, 6) is 0. The molecule has 4 aliphatic carbocycles. The highest BCUT2D eigenvalue weighted by molar-refractivity contribution is 6.45. The lowest BCUT2D eigenvalue weighted by atomic mass is 9.83. The standard InChI is InChI=1S/C110H98N2/c1-75-37-61-91(62-38-75)111(93-65-49-85(50-66-93)73-103(87-53-41-81(42-54-87)69-77-21-7-3-8-22-77)88-55-43-82(44-56-88)70-78-23-9-4-10-24-78)109-97-31-17-15-29-95(97)105-100-34-20-36-102-108(100)106(99-33-19-35-101(109)107(99)105)96-30-16-18-32-98(96)110(102)112(92-63-39-76(2)40-64-92)94-67-51-86(52-68-94)74-104(89-57-45-83(46-58-89)71-79-25-11-5-12-26-79)90-59-47-84(48-60-90)72-80-27-13-6-14-28-80/h15-20,29-74H,3-14,21-28H2,1-2H3. The average molecular weight is 1450 g/mol. The molecule has 4 fully saturated rings. The normalized spacial score (nSPS) is 14.8. The molecular weight excluding hydrogens is 1350 g/mol. The van der Waals surface area contributed by atoms with Gasteiger partial charge in [-0.1, -0.05) is 314 Å². The van der Waals surface area contributed by atoms with Crippen LogP contribution in [0.5, 0.6) is 0 Å². The van der Waals surface area contributed by atoms with Crippen molar-refractivity contribution in [2.45, 2.75) is 142 Å². The van der Waals surface area contributed by atoms with E-state index in [0.717, 1.165) is 33.9 Å². The molecule has 0 unspecified atom stereocenters. The summed E-state index contributed by atoms with van der Waals surface area (Å²) in [6.07, 6.45) is 40.1. The predicted octanol–water partition coefficient (Wildman–Crippen LogP) is 32.2. The van der Waals surface area contributed by atoms with Crippen LogP contribution < -0.4 is 9.80 Å². The number of hydrogen-bond acceptors (Lipinski definition) is 2. The Hall–Kier alpha value is -11.8. The van der Waals surface area contributed by atoms with Crippen molar-refractivity contribution in [1.82, 2.24) is 0 Å². The minimum atomic E-state index is 1.10. The molecule has 15 aromatic rings. The summed E-state index contributed by atoms with van der Waals surface area (Å²) >= 11 is 0. The highest BCUT2D eigenvalue weighted by Crippen LogP contribution is 2.55. The maximum absolute atomic E-state index is 2.54. The van der Waals surface area contributed by atoms with Crippen LogP contribution in [-0.4, -0.2) is 0 Å². The average Bonchev–Trinajstić information content (AvgIpc) is 0.683. The number of hydrogen-bond donors (Lipinski definition) is 0. The largest absolute Gasteiger partial charge is 0.309 e. The Bertz CT molecular complexity index is 5610. The first-order chi connectivity index (χ1) is 55.3. The van der Waals surface area contributed by atoms with Crippen LogP contribution in [0.2, 0.25) is 0 Å². The number of anilines is 6. The molecule has 19 rings (SSSR count). The number of benzene rings is 15. The number of aryl methyl sites for hydroxylation is 2. The lowest BCUT2D eigenvalue weighted by molar-refractivity contribution is 0.602. The first-order valence-electron chi connectivity index (χ1n) is 41.8. The molecule has 2 heteroatoms. The Morgan fingerprint density at radius 3 is 0.732 bits per heavy atom. The molecule has 0 aliphatic heterocycles. The molecule has 0 spiro atoms. The molecule has 0 aromatic heterocycles. The first kappa shape index (κ1) is 70.5. The topological polar surface area (TPSA) is 6.48 Å². The Kier molecular flexibility index (Phi) is 19.8. The van der Waals surface area contributed by atoms with E-state index in [1.165, 1.54) is 271 Å². The van der Waals surface area contributed by atoms with Crippen molar-refractivity contribution < 1.29 is 0 Å². The monoisotopic (exact) mass is 1450 g/mol. The lowest BCUT2D eigenvalue weighted by Crippen LogP contribution is -2.12. The Morgan fingerprint density at radius 1 is 0.214 bits per heavy atom. The van der Waals surface area contributed by atoms with E-state index in [1.54, 1.807) is 22.3 Å². The summed E-state index contributed by atoms with van der Waals surface area (Å²) in [7, 11) is 0. The molecule has 0 atom stereocenters. The Morgan fingerprint density at radius 2 is 0.446 bits per heavy atom. The van der Waals surface area contributed by atoms with Crippen LogP contribution in [0.3, 0.4) is 0 Å². The van der Waals surface area contributed by atoms with Gasteiger partial charge in [-0.15, -0.1) is 0 Å². The second kappa shape index (κ2) is 31.5. The second-order valence-corrected chi connectivity index (χ2v) is 32.6. The molecule has 0 radical (unpaired) electrons. The molecule has 0 heterocycles. The van der Waals surface area contributed by atoms with Crippen LogP contribution in [0.1, 0.15) is 195 Å². The van der Waals surface area contributed by atoms with Crippen LogP contribution in [-0.2, 0) is 0 Å².